The van der Waals surface area contributed by atoms with Crippen LogP contribution in [0.1, 0.15) is 12.1 Å². The summed E-state index contributed by atoms with van der Waals surface area (Å²) in [5.74, 6) is 0.891. The predicted octanol–water partition coefficient (Wildman–Crippen LogP) is 2.05. The summed E-state index contributed by atoms with van der Waals surface area (Å²) in [7, 11) is 2.15. The number of rotatable bonds is 4. The summed E-state index contributed by atoms with van der Waals surface area (Å²) in [5.41, 5.74) is 4.73. The highest BCUT2D eigenvalue weighted by atomic mass is 32.1. The molecule has 1 N–H and O–H groups in total. The zero-order chi connectivity index (χ0) is 14.9. The lowest BCUT2D eigenvalue weighted by Crippen LogP contribution is -2.25. The Labute approximate surface area is 132 Å². The van der Waals surface area contributed by atoms with E-state index in [1.807, 2.05) is 23.8 Å². The van der Waals surface area contributed by atoms with Gasteiger partial charge in [0, 0.05) is 24.2 Å². The van der Waals surface area contributed by atoms with Crippen molar-refractivity contribution in [3.8, 4) is 0 Å². The molecule has 0 spiro atoms. The van der Waals surface area contributed by atoms with E-state index in [1.165, 1.54) is 0 Å². The fourth-order valence-electron chi connectivity index (χ4n) is 2.93. The molecule has 1 unspecified atom stereocenters. The van der Waals surface area contributed by atoms with Gasteiger partial charge in [0.15, 0.2) is 5.65 Å². The Bertz CT molecular complexity index is 766. The number of pyridine rings is 1. The quantitative estimate of drug-likeness (QED) is 0.799. The second-order valence-corrected chi connectivity index (χ2v) is 6.46. The predicted molar refractivity (Wildman–Crippen MR) is 88.3 cm³/mol. The van der Waals surface area contributed by atoms with Crippen LogP contribution in [0.5, 0.6) is 0 Å². The lowest BCUT2D eigenvalue weighted by atomic mass is 10.3. The normalized spacial score (nSPS) is 19.0. The molecule has 1 aliphatic rings. The first-order valence-electron chi connectivity index (χ1n) is 7.43. The second kappa shape index (κ2) is 5.66. The van der Waals surface area contributed by atoms with Crippen molar-refractivity contribution in [3.63, 3.8) is 0 Å². The van der Waals surface area contributed by atoms with Crippen molar-refractivity contribution in [2.75, 3.05) is 25.5 Å². The standard InChI is InChI=1S/C15H18N6S/c1-20-6-4-11(7-20)18-15-19-13-3-2-5-16-14(13)21(15)8-12-9-22-10-17-12/h2-3,5,9-11H,4,6-8H2,1H3,(H,18,19). The summed E-state index contributed by atoms with van der Waals surface area (Å²) in [6.07, 6.45) is 2.96. The van der Waals surface area contributed by atoms with Gasteiger partial charge < -0.3 is 10.2 Å². The summed E-state index contributed by atoms with van der Waals surface area (Å²) in [4.78, 5) is 16.0. The summed E-state index contributed by atoms with van der Waals surface area (Å²) in [5, 5.41) is 5.66. The molecule has 0 aromatic carbocycles. The number of thiazole rings is 1. The number of hydrogen-bond donors (Lipinski definition) is 1. The van der Waals surface area contributed by atoms with Gasteiger partial charge in [-0.15, -0.1) is 11.3 Å². The summed E-state index contributed by atoms with van der Waals surface area (Å²) in [6, 6.07) is 4.37. The van der Waals surface area contributed by atoms with Crippen LogP contribution in [0.4, 0.5) is 5.95 Å². The highest BCUT2D eigenvalue weighted by Gasteiger charge is 2.22. The van der Waals surface area contributed by atoms with Gasteiger partial charge in [-0.2, -0.15) is 0 Å². The maximum atomic E-state index is 4.73. The minimum atomic E-state index is 0.441. The third-order valence-corrected chi connectivity index (χ3v) is 4.67. The first kappa shape index (κ1) is 13.7. The SMILES string of the molecule is CN1CCC(Nc2nc3cccnc3n2Cc2cscn2)C1. The van der Waals surface area contributed by atoms with E-state index in [-0.39, 0.29) is 0 Å². The number of nitrogens with zero attached hydrogens (tertiary/aromatic N) is 5. The van der Waals surface area contributed by atoms with Crippen molar-refractivity contribution in [1.82, 2.24) is 24.4 Å². The Hall–Kier alpha value is -1.99. The molecular formula is C15H18N6S. The minimum absolute atomic E-state index is 0.441. The van der Waals surface area contributed by atoms with Crippen molar-refractivity contribution in [3.05, 3.63) is 34.9 Å². The van der Waals surface area contributed by atoms with Gasteiger partial charge in [0.25, 0.3) is 0 Å². The van der Waals surface area contributed by atoms with E-state index in [1.54, 1.807) is 11.3 Å². The van der Waals surface area contributed by atoms with Gasteiger partial charge >= 0.3 is 0 Å². The van der Waals surface area contributed by atoms with E-state index in [2.05, 4.69) is 37.2 Å². The smallest absolute Gasteiger partial charge is 0.205 e. The average molecular weight is 314 g/mol. The van der Waals surface area contributed by atoms with Crippen LogP contribution >= 0.6 is 11.3 Å². The molecule has 4 rings (SSSR count). The van der Waals surface area contributed by atoms with Crippen molar-refractivity contribution < 1.29 is 0 Å². The Morgan fingerprint density at radius 1 is 1.41 bits per heavy atom. The van der Waals surface area contributed by atoms with Gasteiger partial charge in [-0.05, 0) is 32.1 Å². The van der Waals surface area contributed by atoms with E-state index in [0.717, 1.165) is 42.3 Å². The summed E-state index contributed by atoms with van der Waals surface area (Å²) < 4.78 is 2.13. The van der Waals surface area contributed by atoms with Crippen LogP contribution < -0.4 is 5.32 Å². The molecule has 114 valence electrons. The van der Waals surface area contributed by atoms with Gasteiger partial charge in [-0.3, -0.25) is 4.57 Å². The number of likely N-dealkylation sites (tertiary alicyclic amines) is 1. The zero-order valence-electron chi connectivity index (χ0n) is 12.4. The number of anilines is 1. The van der Waals surface area contributed by atoms with Crippen molar-refractivity contribution >= 4 is 28.4 Å². The van der Waals surface area contributed by atoms with Gasteiger partial charge in [-0.25, -0.2) is 15.0 Å². The molecular weight excluding hydrogens is 296 g/mol. The molecule has 1 aliphatic heterocycles. The number of nitrogens with one attached hydrogen (secondary N) is 1. The van der Waals surface area contributed by atoms with Crippen LogP contribution in [0.25, 0.3) is 11.2 Å². The molecule has 22 heavy (non-hydrogen) atoms. The molecule has 4 heterocycles. The first-order valence-corrected chi connectivity index (χ1v) is 8.37. The Morgan fingerprint density at radius 3 is 3.14 bits per heavy atom. The maximum Gasteiger partial charge on any atom is 0.205 e. The summed E-state index contributed by atoms with van der Waals surface area (Å²) in [6.45, 7) is 2.87. The van der Waals surface area contributed by atoms with Crippen LogP contribution in [0, 0.1) is 0 Å². The molecule has 6 nitrogen and oxygen atoms in total. The van der Waals surface area contributed by atoms with E-state index < -0.39 is 0 Å². The van der Waals surface area contributed by atoms with Gasteiger partial charge in [0.05, 0.1) is 17.7 Å². The largest absolute Gasteiger partial charge is 0.352 e. The number of hydrogen-bond acceptors (Lipinski definition) is 6. The monoisotopic (exact) mass is 314 g/mol. The third-order valence-electron chi connectivity index (χ3n) is 4.03. The van der Waals surface area contributed by atoms with E-state index in [9.17, 15) is 0 Å². The molecule has 1 fully saturated rings. The van der Waals surface area contributed by atoms with Crippen LogP contribution in [0.3, 0.4) is 0 Å². The Balaban J connectivity index is 1.69. The van der Waals surface area contributed by atoms with Crippen LogP contribution in [0.2, 0.25) is 0 Å². The van der Waals surface area contributed by atoms with E-state index >= 15 is 0 Å². The lowest BCUT2D eigenvalue weighted by molar-refractivity contribution is 0.413. The molecule has 3 aromatic heterocycles. The fourth-order valence-corrected chi connectivity index (χ4v) is 3.48. The molecule has 1 saturated heterocycles. The van der Waals surface area contributed by atoms with Crippen LogP contribution in [-0.2, 0) is 6.54 Å². The molecule has 0 bridgehead atoms. The number of imidazole rings is 1. The topological polar surface area (TPSA) is 58.9 Å². The van der Waals surface area contributed by atoms with Crippen molar-refractivity contribution in [1.29, 1.82) is 0 Å². The highest BCUT2D eigenvalue weighted by Crippen LogP contribution is 2.21. The molecule has 3 aromatic rings. The minimum Gasteiger partial charge on any atom is -0.352 e. The fraction of sp³-hybridized carbons (Fsp3) is 0.400. The van der Waals surface area contributed by atoms with Gasteiger partial charge in [0.1, 0.15) is 5.52 Å². The summed E-state index contributed by atoms with van der Waals surface area (Å²) >= 11 is 1.61. The number of aromatic nitrogens is 4. The molecule has 0 amide bonds. The first-order chi connectivity index (χ1) is 10.8. The van der Waals surface area contributed by atoms with Crippen LogP contribution in [0.15, 0.2) is 29.2 Å². The molecule has 0 radical (unpaired) electrons. The maximum absolute atomic E-state index is 4.73. The Morgan fingerprint density at radius 2 is 2.36 bits per heavy atom. The van der Waals surface area contributed by atoms with Crippen molar-refractivity contribution in [2.24, 2.45) is 0 Å². The molecule has 0 aliphatic carbocycles. The lowest BCUT2D eigenvalue weighted by Gasteiger charge is -2.15. The zero-order valence-corrected chi connectivity index (χ0v) is 13.3. The van der Waals surface area contributed by atoms with Gasteiger partial charge in [0.2, 0.25) is 5.95 Å². The van der Waals surface area contributed by atoms with Crippen molar-refractivity contribution in [2.45, 2.75) is 19.0 Å². The highest BCUT2D eigenvalue weighted by molar-refractivity contribution is 7.07. The molecule has 7 heteroatoms. The van der Waals surface area contributed by atoms with Crippen LogP contribution in [-0.4, -0.2) is 50.6 Å². The Kier molecular flexibility index (Phi) is 3.51. The second-order valence-electron chi connectivity index (χ2n) is 5.74. The van der Waals surface area contributed by atoms with Gasteiger partial charge in [-0.1, -0.05) is 0 Å². The third kappa shape index (κ3) is 2.57. The number of fused-ring (bicyclic) bond motifs is 1. The average Bonchev–Trinajstić information content (AvgIpc) is 3.23. The van der Waals surface area contributed by atoms with E-state index in [4.69, 9.17) is 4.98 Å². The van der Waals surface area contributed by atoms with E-state index in [0.29, 0.717) is 12.6 Å². The molecule has 0 saturated carbocycles. The molecule has 1 atom stereocenters. The number of likely N-dealkylation sites (N-methyl/N-ethyl adjacent to an activating group) is 1.